The molecule has 0 saturated carbocycles. The van der Waals surface area contributed by atoms with E-state index in [1.165, 1.54) is 12.1 Å². The van der Waals surface area contributed by atoms with E-state index in [9.17, 15) is 8.42 Å². The maximum atomic E-state index is 12.3. The highest BCUT2D eigenvalue weighted by molar-refractivity contribution is 7.89. The van der Waals surface area contributed by atoms with Crippen molar-refractivity contribution in [2.24, 2.45) is 0 Å². The van der Waals surface area contributed by atoms with E-state index in [1.807, 2.05) is 50.2 Å². The molecule has 0 aliphatic rings. The quantitative estimate of drug-likeness (QED) is 0.806. The summed E-state index contributed by atoms with van der Waals surface area (Å²) >= 11 is 0. The summed E-state index contributed by atoms with van der Waals surface area (Å²) < 4.78 is 32.3. The lowest BCUT2D eigenvalue weighted by Gasteiger charge is -2.13. The Morgan fingerprint density at radius 3 is 2.40 bits per heavy atom. The molecule has 0 heterocycles. The Hall–Kier alpha value is -2.49. The summed E-state index contributed by atoms with van der Waals surface area (Å²) in [7, 11) is 0.288. The maximum absolute atomic E-state index is 12.3. The second-order valence-corrected chi connectivity index (χ2v) is 7.21. The molecule has 0 spiro atoms. The van der Waals surface area contributed by atoms with E-state index in [1.54, 1.807) is 12.1 Å². The summed E-state index contributed by atoms with van der Waals surface area (Å²) in [5.74, 6) is 6.51. The molecule has 1 N–H and O–H groups in total. The molecule has 0 aliphatic carbocycles. The number of hydrogen-bond acceptors (Lipinski definition) is 4. The number of hydrogen-bond donors (Lipinski definition) is 1. The number of rotatable bonds is 6. The van der Waals surface area contributed by atoms with Gasteiger partial charge in [-0.3, -0.25) is 0 Å². The van der Waals surface area contributed by atoms with Crippen LogP contribution in [0.25, 0.3) is 0 Å². The largest absolute Gasteiger partial charge is 0.494 e. The Labute approximate surface area is 149 Å². The van der Waals surface area contributed by atoms with Gasteiger partial charge in [-0.1, -0.05) is 24.0 Å². The zero-order valence-electron chi connectivity index (χ0n) is 14.6. The van der Waals surface area contributed by atoms with E-state index in [-0.39, 0.29) is 11.4 Å². The third-order valence-corrected chi connectivity index (χ3v) is 4.82. The average Bonchev–Trinajstić information content (AvgIpc) is 2.60. The summed E-state index contributed by atoms with van der Waals surface area (Å²) in [6.45, 7) is 2.45. The van der Waals surface area contributed by atoms with Gasteiger partial charge in [-0.05, 0) is 43.3 Å². The van der Waals surface area contributed by atoms with Crippen LogP contribution in [0, 0.1) is 11.8 Å². The van der Waals surface area contributed by atoms with Crippen LogP contribution in [0.1, 0.15) is 12.5 Å². The molecule has 132 valence electrons. The Morgan fingerprint density at radius 1 is 1.08 bits per heavy atom. The van der Waals surface area contributed by atoms with Gasteiger partial charge in [-0.2, -0.15) is 4.72 Å². The molecule has 0 atom stereocenters. The van der Waals surface area contributed by atoms with E-state index in [4.69, 9.17) is 4.74 Å². The first-order chi connectivity index (χ1) is 11.9. The van der Waals surface area contributed by atoms with Crippen LogP contribution in [-0.4, -0.2) is 35.7 Å². The van der Waals surface area contributed by atoms with Crippen LogP contribution in [0.5, 0.6) is 5.75 Å². The van der Waals surface area contributed by atoms with Crippen LogP contribution in [0.3, 0.4) is 0 Å². The predicted octanol–water partition coefficient (Wildman–Crippen LogP) is 2.48. The van der Waals surface area contributed by atoms with E-state index in [0.717, 1.165) is 11.3 Å². The zero-order valence-corrected chi connectivity index (χ0v) is 15.4. The number of anilines is 1. The lowest BCUT2D eigenvalue weighted by atomic mass is 10.1. The Morgan fingerprint density at radius 2 is 1.76 bits per heavy atom. The van der Waals surface area contributed by atoms with E-state index in [2.05, 4.69) is 16.6 Å². The van der Waals surface area contributed by atoms with Crippen LogP contribution in [0.4, 0.5) is 5.69 Å². The number of sulfonamides is 1. The van der Waals surface area contributed by atoms with Gasteiger partial charge in [0.25, 0.3) is 0 Å². The van der Waals surface area contributed by atoms with Crippen molar-refractivity contribution in [2.75, 3.05) is 32.1 Å². The Bertz CT molecular complexity index is 864. The van der Waals surface area contributed by atoms with Gasteiger partial charge in [0, 0.05) is 19.7 Å². The fourth-order valence-electron chi connectivity index (χ4n) is 2.20. The van der Waals surface area contributed by atoms with Gasteiger partial charge >= 0.3 is 0 Å². The van der Waals surface area contributed by atoms with Crippen molar-refractivity contribution in [2.45, 2.75) is 11.8 Å². The molecule has 25 heavy (non-hydrogen) atoms. The predicted molar refractivity (Wildman–Crippen MR) is 100 cm³/mol. The van der Waals surface area contributed by atoms with Crippen molar-refractivity contribution < 1.29 is 13.2 Å². The number of benzene rings is 2. The lowest BCUT2D eigenvalue weighted by Crippen LogP contribution is -2.24. The van der Waals surface area contributed by atoms with Crippen LogP contribution in [0.2, 0.25) is 0 Å². The monoisotopic (exact) mass is 358 g/mol. The summed E-state index contributed by atoms with van der Waals surface area (Å²) in [4.78, 5) is 2.15. The molecule has 0 aromatic heterocycles. The molecule has 0 amide bonds. The third kappa shape index (κ3) is 5.24. The average molecular weight is 358 g/mol. The van der Waals surface area contributed by atoms with Crippen molar-refractivity contribution in [1.82, 2.24) is 4.72 Å². The second kappa shape index (κ2) is 8.56. The van der Waals surface area contributed by atoms with Crippen molar-refractivity contribution in [3.8, 4) is 17.6 Å². The first kappa shape index (κ1) is 18.8. The summed E-state index contributed by atoms with van der Waals surface area (Å²) in [5.41, 5.74) is 1.84. The topological polar surface area (TPSA) is 58.6 Å². The van der Waals surface area contributed by atoms with Crippen molar-refractivity contribution in [1.29, 1.82) is 0 Å². The summed E-state index contributed by atoms with van der Waals surface area (Å²) in [6, 6.07) is 14.0. The van der Waals surface area contributed by atoms with Gasteiger partial charge in [0.05, 0.1) is 23.7 Å². The molecule has 2 aromatic rings. The van der Waals surface area contributed by atoms with Gasteiger partial charge in [0.2, 0.25) is 10.0 Å². The molecule has 2 aromatic carbocycles. The van der Waals surface area contributed by atoms with Crippen LogP contribution >= 0.6 is 0 Å². The van der Waals surface area contributed by atoms with Gasteiger partial charge in [-0.15, -0.1) is 0 Å². The molecule has 5 nitrogen and oxygen atoms in total. The first-order valence-corrected chi connectivity index (χ1v) is 9.40. The summed E-state index contributed by atoms with van der Waals surface area (Å²) in [6.07, 6.45) is 0. The molecular formula is C19H22N2O3S. The number of nitrogens with zero attached hydrogens (tertiary/aromatic N) is 1. The molecule has 6 heteroatoms. The van der Waals surface area contributed by atoms with Crippen molar-refractivity contribution in [3.05, 3.63) is 54.1 Å². The molecule has 0 aliphatic heterocycles. The minimum absolute atomic E-state index is 0.0390. The van der Waals surface area contributed by atoms with Crippen molar-refractivity contribution >= 4 is 15.7 Å². The fourth-order valence-corrected chi connectivity index (χ4v) is 3.13. The molecular weight excluding hydrogens is 336 g/mol. The van der Waals surface area contributed by atoms with E-state index >= 15 is 0 Å². The highest BCUT2D eigenvalue weighted by atomic mass is 32.2. The summed E-state index contributed by atoms with van der Waals surface area (Å²) in [5, 5.41) is 0. The Balaban J connectivity index is 2.04. The van der Waals surface area contributed by atoms with Crippen LogP contribution < -0.4 is 14.4 Å². The minimum Gasteiger partial charge on any atom is -0.494 e. The standard InChI is InChI=1S/C19H22N2O3S/c1-4-24-17-11-13-18(14-12-17)25(22,23)20-15-7-9-16-8-5-6-10-19(16)21(2)3/h5-6,8,10-14,20H,4,15H2,1-3H3. The minimum atomic E-state index is -3.59. The highest BCUT2D eigenvalue weighted by Crippen LogP contribution is 2.17. The molecule has 0 bridgehead atoms. The van der Waals surface area contributed by atoms with E-state index in [0.29, 0.717) is 12.4 Å². The smallest absolute Gasteiger partial charge is 0.241 e. The maximum Gasteiger partial charge on any atom is 0.241 e. The number of para-hydroxylation sites is 1. The highest BCUT2D eigenvalue weighted by Gasteiger charge is 2.12. The zero-order chi connectivity index (χ0) is 18.3. The van der Waals surface area contributed by atoms with Gasteiger partial charge < -0.3 is 9.64 Å². The lowest BCUT2D eigenvalue weighted by molar-refractivity contribution is 0.340. The number of ether oxygens (including phenoxy) is 1. The molecule has 0 fully saturated rings. The second-order valence-electron chi connectivity index (χ2n) is 5.44. The molecule has 2 rings (SSSR count). The van der Waals surface area contributed by atoms with Crippen LogP contribution in [0.15, 0.2) is 53.4 Å². The van der Waals surface area contributed by atoms with Crippen molar-refractivity contribution in [3.63, 3.8) is 0 Å². The first-order valence-electron chi connectivity index (χ1n) is 7.92. The normalized spacial score (nSPS) is 10.7. The van der Waals surface area contributed by atoms with Gasteiger partial charge in [0.1, 0.15) is 5.75 Å². The SMILES string of the molecule is CCOc1ccc(S(=O)(=O)NCC#Cc2ccccc2N(C)C)cc1. The number of nitrogens with one attached hydrogen (secondary N) is 1. The fraction of sp³-hybridized carbons (Fsp3) is 0.263. The third-order valence-electron chi connectivity index (χ3n) is 3.40. The molecule has 0 radical (unpaired) electrons. The Kier molecular flexibility index (Phi) is 6.45. The molecule has 0 saturated heterocycles. The molecule has 0 unspecified atom stereocenters. The van der Waals surface area contributed by atoms with E-state index < -0.39 is 10.0 Å². The van der Waals surface area contributed by atoms with Crippen LogP contribution in [-0.2, 0) is 10.0 Å². The van der Waals surface area contributed by atoms with Gasteiger partial charge in [0.15, 0.2) is 0 Å². The van der Waals surface area contributed by atoms with Gasteiger partial charge in [-0.25, -0.2) is 8.42 Å².